The molecule has 3 aliphatic rings. The molecule has 1 unspecified atom stereocenters. The highest BCUT2D eigenvalue weighted by atomic mass is 16.5. The van der Waals surface area contributed by atoms with Crippen LogP contribution < -0.4 is 5.73 Å². The standard InChI is InChI=1S/C21H33NO/c1-16-9-12-20(23-14-4-13-22)15-19(16)11-10-18-6-2-5-17-7-3-8-21(17)18/h10-11,17,20-21H,1-9,12-15,22H2/b18-10+,19-11-/t17?,20-,21+/m0/s1. The van der Waals surface area contributed by atoms with E-state index in [-0.39, 0.29) is 0 Å². The topological polar surface area (TPSA) is 35.2 Å². The molecule has 0 heterocycles. The first kappa shape index (κ1) is 17.0. The quantitative estimate of drug-likeness (QED) is 0.731. The molecule has 0 aliphatic heterocycles. The second-order valence-corrected chi connectivity index (χ2v) is 7.60. The fourth-order valence-electron chi connectivity index (χ4n) is 4.69. The lowest BCUT2D eigenvalue weighted by Gasteiger charge is -2.29. The fraction of sp³-hybridized carbons (Fsp3) is 0.714. The maximum Gasteiger partial charge on any atom is 0.0618 e. The molecular formula is C21H33NO. The minimum Gasteiger partial charge on any atom is -0.378 e. The average molecular weight is 316 g/mol. The van der Waals surface area contributed by atoms with E-state index in [0.717, 1.165) is 50.7 Å². The van der Waals surface area contributed by atoms with Crippen LogP contribution >= 0.6 is 0 Å². The van der Waals surface area contributed by atoms with Crippen molar-refractivity contribution in [3.63, 3.8) is 0 Å². The van der Waals surface area contributed by atoms with Gasteiger partial charge in [0, 0.05) is 6.61 Å². The molecule has 0 amide bonds. The number of hydrogen-bond donors (Lipinski definition) is 1. The van der Waals surface area contributed by atoms with Crippen molar-refractivity contribution < 1.29 is 4.74 Å². The zero-order chi connectivity index (χ0) is 16.1. The summed E-state index contributed by atoms with van der Waals surface area (Å²) in [5.74, 6) is 1.87. The van der Waals surface area contributed by atoms with E-state index in [9.17, 15) is 0 Å². The van der Waals surface area contributed by atoms with E-state index >= 15 is 0 Å². The van der Waals surface area contributed by atoms with Crippen molar-refractivity contribution in [3.05, 3.63) is 35.5 Å². The summed E-state index contributed by atoms with van der Waals surface area (Å²) in [5, 5.41) is 0. The van der Waals surface area contributed by atoms with Gasteiger partial charge in [-0.25, -0.2) is 0 Å². The van der Waals surface area contributed by atoms with E-state index in [0.29, 0.717) is 6.10 Å². The molecule has 23 heavy (non-hydrogen) atoms. The zero-order valence-electron chi connectivity index (χ0n) is 14.6. The predicted octanol–water partition coefficient (Wildman–Crippen LogP) is 4.91. The van der Waals surface area contributed by atoms with Gasteiger partial charge in [-0.15, -0.1) is 0 Å². The highest BCUT2D eigenvalue weighted by Gasteiger charge is 2.32. The molecule has 2 heteroatoms. The summed E-state index contributed by atoms with van der Waals surface area (Å²) in [6.45, 7) is 5.80. The van der Waals surface area contributed by atoms with Crippen molar-refractivity contribution in [1.29, 1.82) is 0 Å². The second-order valence-electron chi connectivity index (χ2n) is 7.60. The smallest absolute Gasteiger partial charge is 0.0618 e. The van der Waals surface area contributed by atoms with Crippen molar-refractivity contribution in [2.24, 2.45) is 17.6 Å². The molecule has 0 saturated heterocycles. The molecule has 0 aromatic rings. The Bertz CT molecular complexity index is 476. The highest BCUT2D eigenvalue weighted by Crippen LogP contribution is 2.45. The Kier molecular flexibility index (Phi) is 6.13. The summed E-state index contributed by atoms with van der Waals surface area (Å²) in [4.78, 5) is 0. The largest absolute Gasteiger partial charge is 0.378 e. The Labute approximate surface area is 141 Å². The van der Waals surface area contributed by atoms with E-state index in [1.54, 1.807) is 5.57 Å². The van der Waals surface area contributed by atoms with Gasteiger partial charge in [-0.3, -0.25) is 0 Å². The number of hydrogen-bond acceptors (Lipinski definition) is 2. The van der Waals surface area contributed by atoms with Crippen LogP contribution in [0.1, 0.15) is 64.2 Å². The molecule has 0 bridgehead atoms. The molecule has 3 atom stereocenters. The Hall–Kier alpha value is -0.860. The summed E-state index contributed by atoms with van der Waals surface area (Å²) in [6.07, 6.45) is 17.9. The normalized spacial score (nSPS) is 35.0. The van der Waals surface area contributed by atoms with Gasteiger partial charge < -0.3 is 10.5 Å². The molecule has 3 aliphatic carbocycles. The maximum atomic E-state index is 5.98. The van der Waals surface area contributed by atoms with E-state index in [4.69, 9.17) is 10.5 Å². The van der Waals surface area contributed by atoms with Gasteiger partial charge in [0.25, 0.3) is 0 Å². The molecule has 2 nitrogen and oxygen atoms in total. The van der Waals surface area contributed by atoms with Gasteiger partial charge in [-0.1, -0.05) is 36.3 Å². The lowest BCUT2D eigenvalue weighted by Crippen LogP contribution is -2.21. The van der Waals surface area contributed by atoms with Crippen LogP contribution in [0.4, 0.5) is 0 Å². The van der Waals surface area contributed by atoms with E-state index < -0.39 is 0 Å². The van der Waals surface area contributed by atoms with Crippen molar-refractivity contribution in [1.82, 2.24) is 0 Å². The molecule has 3 fully saturated rings. The molecule has 3 saturated carbocycles. The molecule has 2 N–H and O–H groups in total. The van der Waals surface area contributed by atoms with Crippen molar-refractivity contribution in [2.75, 3.05) is 13.2 Å². The van der Waals surface area contributed by atoms with Crippen LogP contribution in [0.25, 0.3) is 0 Å². The van der Waals surface area contributed by atoms with Gasteiger partial charge in [-0.05, 0) is 81.7 Å². The Balaban J connectivity index is 1.62. The number of rotatable bonds is 5. The van der Waals surface area contributed by atoms with Crippen molar-refractivity contribution >= 4 is 0 Å². The maximum absolute atomic E-state index is 5.98. The SMILES string of the molecule is C=C1CC[C@H](OCCCN)C/C1=C/C=C1\CCCC2CCC[C@@H]12. The van der Waals surface area contributed by atoms with Gasteiger partial charge in [0.15, 0.2) is 0 Å². The Morgan fingerprint density at radius 1 is 1.09 bits per heavy atom. The summed E-state index contributed by atoms with van der Waals surface area (Å²) in [7, 11) is 0. The number of ether oxygens (including phenoxy) is 1. The molecule has 3 rings (SSSR count). The van der Waals surface area contributed by atoms with Crippen molar-refractivity contribution in [2.45, 2.75) is 70.3 Å². The van der Waals surface area contributed by atoms with Crippen LogP contribution in [-0.2, 0) is 4.74 Å². The first-order chi connectivity index (χ1) is 11.3. The van der Waals surface area contributed by atoms with Crippen LogP contribution in [0.2, 0.25) is 0 Å². The lowest BCUT2D eigenvalue weighted by atomic mass is 9.77. The molecular weight excluding hydrogens is 282 g/mol. The van der Waals surface area contributed by atoms with Crippen molar-refractivity contribution in [3.8, 4) is 0 Å². The first-order valence-corrected chi connectivity index (χ1v) is 9.67. The minimum absolute atomic E-state index is 0.363. The molecule has 0 spiro atoms. The van der Waals surface area contributed by atoms with Gasteiger partial charge in [0.05, 0.1) is 6.10 Å². The van der Waals surface area contributed by atoms with E-state index in [1.807, 2.05) is 0 Å². The van der Waals surface area contributed by atoms with Gasteiger partial charge in [-0.2, -0.15) is 0 Å². The summed E-state index contributed by atoms with van der Waals surface area (Å²) in [5.41, 5.74) is 10.0. The average Bonchev–Trinajstić information content (AvgIpc) is 3.04. The minimum atomic E-state index is 0.363. The van der Waals surface area contributed by atoms with Crippen LogP contribution in [-0.4, -0.2) is 19.3 Å². The van der Waals surface area contributed by atoms with Crippen LogP contribution in [0, 0.1) is 11.8 Å². The van der Waals surface area contributed by atoms with E-state index in [2.05, 4.69) is 18.7 Å². The molecule has 128 valence electrons. The summed E-state index contributed by atoms with van der Waals surface area (Å²) in [6, 6.07) is 0. The van der Waals surface area contributed by atoms with Crippen LogP contribution in [0.5, 0.6) is 0 Å². The number of nitrogens with two attached hydrogens (primary N) is 1. The van der Waals surface area contributed by atoms with Gasteiger partial charge in [0.1, 0.15) is 0 Å². The van der Waals surface area contributed by atoms with E-state index in [1.165, 1.54) is 49.7 Å². The third-order valence-electron chi connectivity index (χ3n) is 6.05. The number of allylic oxidation sites excluding steroid dienone is 4. The summed E-state index contributed by atoms with van der Waals surface area (Å²) >= 11 is 0. The zero-order valence-corrected chi connectivity index (χ0v) is 14.6. The fourth-order valence-corrected chi connectivity index (χ4v) is 4.69. The Morgan fingerprint density at radius 2 is 1.96 bits per heavy atom. The lowest BCUT2D eigenvalue weighted by molar-refractivity contribution is 0.0436. The predicted molar refractivity (Wildman–Crippen MR) is 97.3 cm³/mol. The molecule has 0 radical (unpaired) electrons. The number of fused-ring (bicyclic) bond motifs is 1. The monoisotopic (exact) mass is 315 g/mol. The Morgan fingerprint density at radius 3 is 2.83 bits per heavy atom. The molecule has 0 aromatic carbocycles. The third kappa shape index (κ3) is 4.36. The van der Waals surface area contributed by atoms with Gasteiger partial charge >= 0.3 is 0 Å². The van der Waals surface area contributed by atoms with Gasteiger partial charge in [0.2, 0.25) is 0 Å². The third-order valence-corrected chi connectivity index (χ3v) is 6.05. The highest BCUT2D eigenvalue weighted by molar-refractivity contribution is 5.36. The first-order valence-electron chi connectivity index (χ1n) is 9.67. The summed E-state index contributed by atoms with van der Waals surface area (Å²) < 4.78 is 5.98. The second kappa shape index (κ2) is 8.30. The van der Waals surface area contributed by atoms with Crippen LogP contribution in [0.15, 0.2) is 35.5 Å². The van der Waals surface area contributed by atoms with Crippen LogP contribution in [0.3, 0.4) is 0 Å². The molecule has 0 aromatic heterocycles.